The van der Waals surface area contributed by atoms with Crippen molar-refractivity contribution in [1.29, 1.82) is 0 Å². The van der Waals surface area contributed by atoms with Crippen LogP contribution >= 0.6 is 0 Å². The lowest BCUT2D eigenvalue weighted by Gasteiger charge is -2.26. The summed E-state index contributed by atoms with van der Waals surface area (Å²) in [6, 6.07) is 7.44. The highest BCUT2D eigenvalue weighted by molar-refractivity contribution is 5.77. The fourth-order valence-corrected chi connectivity index (χ4v) is 2.00. The Labute approximate surface area is 131 Å². The molecule has 0 fully saturated rings. The van der Waals surface area contributed by atoms with Crippen molar-refractivity contribution >= 4 is 12.1 Å². The van der Waals surface area contributed by atoms with Crippen molar-refractivity contribution in [2.45, 2.75) is 45.6 Å². The van der Waals surface area contributed by atoms with Crippen molar-refractivity contribution < 1.29 is 19.4 Å². The second kappa shape index (κ2) is 7.29. The molecule has 1 aromatic rings. The number of carbonyl (C=O) groups is 2. The van der Waals surface area contributed by atoms with Gasteiger partial charge >= 0.3 is 12.1 Å². The maximum atomic E-state index is 12.0. The monoisotopic (exact) mass is 307 g/mol. The summed E-state index contributed by atoms with van der Waals surface area (Å²) >= 11 is 0. The van der Waals surface area contributed by atoms with E-state index in [1.165, 1.54) is 4.90 Å². The van der Waals surface area contributed by atoms with Gasteiger partial charge in [-0.3, -0.25) is 4.79 Å². The Balaban J connectivity index is 2.83. The van der Waals surface area contributed by atoms with Crippen molar-refractivity contribution in [3.63, 3.8) is 0 Å². The summed E-state index contributed by atoms with van der Waals surface area (Å²) in [4.78, 5) is 24.8. The smallest absolute Gasteiger partial charge is 0.410 e. The van der Waals surface area contributed by atoms with Crippen LogP contribution in [0.2, 0.25) is 0 Å². The molecule has 22 heavy (non-hydrogen) atoms. The van der Waals surface area contributed by atoms with Crippen molar-refractivity contribution in [1.82, 2.24) is 4.90 Å². The van der Waals surface area contributed by atoms with Crippen LogP contribution in [0.4, 0.5) is 4.79 Å². The number of ether oxygens (including phenoxy) is 1. The van der Waals surface area contributed by atoms with Crippen LogP contribution in [0.3, 0.4) is 0 Å². The molecular formula is C17H25NO4. The number of carboxylic acids is 1. The van der Waals surface area contributed by atoms with Crippen LogP contribution in [0.5, 0.6) is 0 Å². The number of hydrogen-bond acceptors (Lipinski definition) is 3. The van der Waals surface area contributed by atoms with Gasteiger partial charge in [0, 0.05) is 13.6 Å². The summed E-state index contributed by atoms with van der Waals surface area (Å²) in [5, 5.41) is 9.44. The van der Waals surface area contributed by atoms with Crippen LogP contribution in [0.15, 0.2) is 24.3 Å². The van der Waals surface area contributed by atoms with Gasteiger partial charge in [-0.2, -0.15) is 0 Å². The first kappa shape index (κ1) is 18.0. The molecule has 0 aliphatic carbocycles. The number of carboxylic acid groups (broad SMARTS) is 1. The number of likely N-dealkylation sites (N-methyl/N-ethyl adjacent to an activating group) is 1. The third kappa shape index (κ3) is 5.39. The van der Waals surface area contributed by atoms with Gasteiger partial charge in [0.15, 0.2) is 0 Å². The van der Waals surface area contributed by atoms with Crippen LogP contribution in [-0.4, -0.2) is 41.3 Å². The Morgan fingerprint density at radius 3 is 2.18 bits per heavy atom. The van der Waals surface area contributed by atoms with Gasteiger partial charge in [-0.05, 0) is 38.3 Å². The molecule has 0 bridgehead atoms. The standard InChI is InChI=1S/C17H25NO4/c1-6-12-7-9-13(10-8-12)14(15(19)20)11-18(5)16(21)22-17(2,3)4/h7-10,14H,6,11H2,1-5H3,(H,19,20). The maximum Gasteiger partial charge on any atom is 0.410 e. The summed E-state index contributed by atoms with van der Waals surface area (Å²) in [6.07, 6.45) is 0.374. The van der Waals surface area contributed by atoms with Gasteiger partial charge in [0.1, 0.15) is 5.60 Å². The summed E-state index contributed by atoms with van der Waals surface area (Å²) in [6.45, 7) is 7.43. The molecular weight excluding hydrogens is 282 g/mol. The third-order valence-electron chi connectivity index (χ3n) is 3.25. The largest absolute Gasteiger partial charge is 0.481 e. The van der Waals surface area contributed by atoms with E-state index in [0.717, 1.165) is 12.0 Å². The first-order chi connectivity index (χ1) is 10.1. The second-order valence-corrected chi connectivity index (χ2v) is 6.35. The molecule has 1 N–H and O–H groups in total. The van der Waals surface area contributed by atoms with Crippen molar-refractivity contribution in [2.24, 2.45) is 0 Å². The van der Waals surface area contributed by atoms with Gasteiger partial charge in [0.2, 0.25) is 0 Å². The Morgan fingerprint density at radius 1 is 1.23 bits per heavy atom. The Hall–Kier alpha value is -2.04. The lowest BCUT2D eigenvalue weighted by Crippen LogP contribution is -2.38. The highest BCUT2D eigenvalue weighted by Crippen LogP contribution is 2.19. The van der Waals surface area contributed by atoms with Gasteiger partial charge in [0.25, 0.3) is 0 Å². The first-order valence-electron chi connectivity index (χ1n) is 7.39. The summed E-state index contributed by atoms with van der Waals surface area (Å²) < 4.78 is 5.25. The molecule has 0 aliphatic rings. The van der Waals surface area contributed by atoms with Crippen molar-refractivity contribution in [2.75, 3.05) is 13.6 Å². The van der Waals surface area contributed by atoms with E-state index in [4.69, 9.17) is 4.74 Å². The molecule has 0 spiro atoms. The van der Waals surface area contributed by atoms with Gasteiger partial charge in [0.05, 0.1) is 5.92 Å². The normalized spacial score (nSPS) is 12.6. The number of rotatable bonds is 5. The zero-order valence-corrected chi connectivity index (χ0v) is 13.9. The Bertz CT molecular complexity index is 516. The summed E-state index contributed by atoms with van der Waals surface area (Å²) in [5.74, 6) is -1.73. The average Bonchev–Trinajstić information content (AvgIpc) is 2.42. The molecule has 0 saturated carbocycles. The minimum Gasteiger partial charge on any atom is -0.481 e. The van der Waals surface area contributed by atoms with Crippen LogP contribution in [0, 0.1) is 0 Å². The molecule has 5 heteroatoms. The van der Waals surface area contributed by atoms with Gasteiger partial charge in [-0.1, -0.05) is 31.2 Å². The molecule has 1 amide bonds. The number of hydrogen-bond donors (Lipinski definition) is 1. The van der Waals surface area contributed by atoms with E-state index in [9.17, 15) is 14.7 Å². The van der Waals surface area contributed by atoms with Crippen molar-refractivity contribution in [3.8, 4) is 0 Å². The van der Waals surface area contributed by atoms with Gasteiger partial charge in [-0.15, -0.1) is 0 Å². The molecule has 1 unspecified atom stereocenters. The minimum atomic E-state index is -0.959. The molecule has 0 aliphatic heterocycles. The fraction of sp³-hybridized carbons (Fsp3) is 0.529. The lowest BCUT2D eigenvalue weighted by molar-refractivity contribution is -0.139. The van der Waals surface area contributed by atoms with E-state index in [-0.39, 0.29) is 6.54 Å². The van der Waals surface area contributed by atoms with E-state index in [1.807, 2.05) is 19.1 Å². The Morgan fingerprint density at radius 2 is 1.77 bits per heavy atom. The molecule has 122 valence electrons. The number of carbonyl (C=O) groups excluding carboxylic acids is 1. The molecule has 1 atom stereocenters. The number of aryl methyl sites for hydroxylation is 1. The quantitative estimate of drug-likeness (QED) is 0.906. The fourth-order valence-electron chi connectivity index (χ4n) is 2.00. The molecule has 1 rings (SSSR count). The summed E-state index contributed by atoms with van der Waals surface area (Å²) in [5.41, 5.74) is 1.22. The van der Waals surface area contributed by atoms with Crippen LogP contribution in [0.1, 0.15) is 44.7 Å². The van der Waals surface area contributed by atoms with Crippen molar-refractivity contribution in [3.05, 3.63) is 35.4 Å². The minimum absolute atomic E-state index is 0.0652. The zero-order valence-electron chi connectivity index (χ0n) is 13.9. The third-order valence-corrected chi connectivity index (χ3v) is 3.25. The first-order valence-corrected chi connectivity index (χ1v) is 7.39. The molecule has 5 nitrogen and oxygen atoms in total. The second-order valence-electron chi connectivity index (χ2n) is 6.35. The predicted molar refractivity (Wildman–Crippen MR) is 85.1 cm³/mol. The molecule has 0 saturated heterocycles. The molecule has 0 heterocycles. The molecule has 1 aromatic carbocycles. The van der Waals surface area contributed by atoms with E-state index in [0.29, 0.717) is 5.56 Å². The van der Waals surface area contributed by atoms with Crippen LogP contribution in [0.25, 0.3) is 0 Å². The maximum absolute atomic E-state index is 12.0. The Kier molecular flexibility index (Phi) is 5.97. The average molecular weight is 307 g/mol. The summed E-state index contributed by atoms with van der Waals surface area (Å²) in [7, 11) is 1.55. The highest BCUT2D eigenvalue weighted by Gasteiger charge is 2.26. The topological polar surface area (TPSA) is 66.8 Å². The predicted octanol–water partition coefficient (Wildman–Crippen LogP) is 3.28. The number of amides is 1. The van der Waals surface area contributed by atoms with E-state index < -0.39 is 23.6 Å². The van der Waals surface area contributed by atoms with E-state index in [2.05, 4.69) is 0 Å². The number of aliphatic carboxylic acids is 1. The molecule has 0 radical (unpaired) electrons. The zero-order chi connectivity index (χ0) is 16.9. The highest BCUT2D eigenvalue weighted by atomic mass is 16.6. The molecule has 0 aromatic heterocycles. The van der Waals surface area contributed by atoms with Crippen LogP contribution < -0.4 is 0 Å². The van der Waals surface area contributed by atoms with Crippen LogP contribution in [-0.2, 0) is 16.0 Å². The van der Waals surface area contributed by atoms with E-state index in [1.54, 1.807) is 40.0 Å². The van der Waals surface area contributed by atoms with E-state index >= 15 is 0 Å². The SMILES string of the molecule is CCc1ccc(C(CN(C)C(=O)OC(C)(C)C)C(=O)O)cc1. The lowest BCUT2D eigenvalue weighted by atomic mass is 9.97. The van der Waals surface area contributed by atoms with Gasteiger partial charge in [-0.25, -0.2) is 4.79 Å². The number of benzene rings is 1. The van der Waals surface area contributed by atoms with Gasteiger partial charge < -0.3 is 14.7 Å². The number of nitrogens with zero attached hydrogens (tertiary/aromatic N) is 1.